The number of ether oxygens (including phenoxy) is 2. The topological polar surface area (TPSA) is 18.5 Å². The van der Waals surface area contributed by atoms with Gasteiger partial charge in [0.15, 0.2) is 0 Å². The van der Waals surface area contributed by atoms with E-state index in [2.05, 4.69) is 129 Å². The Morgan fingerprint density at radius 1 is 0.444 bits per heavy atom. The first-order valence-electron chi connectivity index (χ1n) is 12.3. The predicted molar refractivity (Wildman–Crippen MR) is 160 cm³/mol. The van der Waals surface area contributed by atoms with Crippen LogP contribution in [0.4, 0.5) is 0 Å². The Labute approximate surface area is 229 Å². The molecule has 182 valence electrons. The number of hydrogen-bond donors (Lipinski definition) is 0. The molecule has 5 aromatic carbocycles. The fraction of sp³-hybridized carbons (Fsp3) is 0.188. The summed E-state index contributed by atoms with van der Waals surface area (Å²) < 4.78 is 11.8. The number of benzene rings is 5. The Kier molecular flexibility index (Phi) is 8.25. The van der Waals surface area contributed by atoms with Crippen molar-refractivity contribution in [1.29, 1.82) is 0 Å². The minimum absolute atomic E-state index is 0.714. The van der Waals surface area contributed by atoms with Gasteiger partial charge in [-0.15, -0.1) is 0 Å². The smallest absolute Gasteiger partial charge is 0.119 e. The first kappa shape index (κ1) is 24.9. The Hall–Kier alpha value is -2.82. The van der Waals surface area contributed by atoms with E-state index in [4.69, 9.17) is 9.47 Å². The molecular weight excluding hydrogens is 576 g/mol. The van der Waals surface area contributed by atoms with Crippen molar-refractivity contribution in [3.05, 3.63) is 97.1 Å². The second-order valence-corrected chi connectivity index (χ2v) is 10.3. The lowest BCUT2D eigenvalue weighted by Gasteiger charge is -2.18. The van der Waals surface area contributed by atoms with E-state index >= 15 is 0 Å². The molecule has 5 rings (SSSR count). The average Bonchev–Trinajstić information content (AvgIpc) is 2.93. The molecule has 0 aliphatic heterocycles. The zero-order chi connectivity index (χ0) is 24.7. The normalized spacial score (nSPS) is 11.2. The van der Waals surface area contributed by atoms with E-state index in [0.717, 1.165) is 35.0 Å². The summed E-state index contributed by atoms with van der Waals surface area (Å²) in [5, 5.41) is 6.88. The first-order valence-corrected chi connectivity index (χ1v) is 14.6. The molecule has 2 nitrogen and oxygen atoms in total. The molecule has 0 aromatic heterocycles. The first-order chi connectivity index (χ1) is 17.8. The van der Waals surface area contributed by atoms with Gasteiger partial charge < -0.3 is 9.47 Å². The maximum Gasteiger partial charge on any atom is 0.119 e. The van der Waals surface area contributed by atoms with Gasteiger partial charge in [0, 0.05) is 10.7 Å². The lowest BCUT2D eigenvalue weighted by atomic mass is 9.86. The van der Waals surface area contributed by atoms with Crippen molar-refractivity contribution in [2.45, 2.75) is 12.8 Å². The van der Waals surface area contributed by atoms with E-state index in [-0.39, 0.29) is 0 Å². The highest BCUT2D eigenvalue weighted by atomic mass is 79.9. The molecule has 0 heterocycles. The summed E-state index contributed by atoms with van der Waals surface area (Å²) in [5.41, 5.74) is 4.90. The zero-order valence-corrected chi connectivity index (χ0v) is 23.2. The highest BCUT2D eigenvalue weighted by Crippen LogP contribution is 2.43. The standard InChI is InChI=1S/C32H28Br2O2/c33-19-5-21-35-25-15-11-23(12-16-25)31-27-7-1-2-8-28(27)32(30-10-4-3-9-29(30)31)24-13-17-26(18-14-24)36-22-6-20-34/h1-4,7-18H,5-6,19-22H2. The molecule has 0 atom stereocenters. The number of alkyl halides is 2. The highest BCUT2D eigenvalue weighted by Gasteiger charge is 2.16. The highest BCUT2D eigenvalue weighted by molar-refractivity contribution is 9.09. The largest absolute Gasteiger partial charge is 0.494 e. The summed E-state index contributed by atoms with van der Waals surface area (Å²) in [6.45, 7) is 1.43. The van der Waals surface area contributed by atoms with E-state index in [0.29, 0.717) is 13.2 Å². The molecule has 0 N–H and O–H groups in total. The van der Waals surface area contributed by atoms with Crippen molar-refractivity contribution in [2.24, 2.45) is 0 Å². The molecule has 4 heteroatoms. The van der Waals surface area contributed by atoms with Crippen LogP contribution in [0, 0.1) is 0 Å². The van der Waals surface area contributed by atoms with E-state index in [1.54, 1.807) is 0 Å². The van der Waals surface area contributed by atoms with Crippen LogP contribution in [0.2, 0.25) is 0 Å². The number of rotatable bonds is 10. The Balaban J connectivity index is 1.62. The summed E-state index contributed by atoms with van der Waals surface area (Å²) in [4.78, 5) is 0. The molecule has 0 saturated heterocycles. The van der Waals surface area contributed by atoms with Crippen LogP contribution in [0.5, 0.6) is 11.5 Å². The Morgan fingerprint density at radius 2 is 0.778 bits per heavy atom. The average molecular weight is 604 g/mol. The summed E-state index contributed by atoms with van der Waals surface area (Å²) in [6, 6.07) is 34.5. The molecule has 5 aromatic rings. The van der Waals surface area contributed by atoms with E-state index in [1.165, 1.54) is 43.8 Å². The van der Waals surface area contributed by atoms with Gasteiger partial charge >= 0.3 is 0 Å². The molecule has 0 fully saturated rings. The number of fused-ring (bicyclic) bond motifs is 2. The maximum atomic E-state index is 5.89. The summed E-state index contributed by atoms with van der Waals surface area (Å²) in [5.74, 6) is 1.81. The fourth-order valence-electron chi connectivity index (χ4n) is 4.68. The van der Waals surface area contributed by atoms with Crippen molar-refractivity contribution >= 4 is 53.4 Å². The molecule has 0 spiro atoms. The van der Waals surface area contributed by atoms with Crippen LogP contribution >= 0.6 is 31.9 Å². The van der Waals surface area contributed by atoms with Crippen molar-refractivity contribution in [2.75, 3.05) is 23.9 Å². The van der Waals surface area contributed by atoms with Crippen LogP contribution in [0.3, 0.4) is 0 Å². The van der Waals surface area contributed by atoms with Crippen LogP contribution in [0.15, 0.2) is 97.1 Å². The second kappa shape index (κ2) is 11.9. The summed E-state index contributed by atoms with van der Waals surface area (Å²) in [6.07, 6.45) is 1.98. The molecular formula is C32H28Br2O2. The Morgan fingerprint density at radius 3 is 1.08 bits per heavy atom. The van der Waals surface area contributed by atoms with Crippen LogP contribution in [-0.2, 0) is 0 Å². The molecule has 0 saturated carbocycles. The van der Waals surface area contributed by atoms with Crippen molar-refractivity contribution in [3.8, 4) is 33.8 Å². The van der Waals surface area contributed by atoms with Gasteiger partial charge in [-0.3, -0.25) is 0 Å². The van der Waals surface area contributed by atoms with E-state index in [1.807, 2.05) is 0 Å². The van der Waals surface area contributed by atoms with Crippen molar-refractivity contribution in [1.82, 2.24) is 0 Å². The zero-order valence-electron chi connectivity index (χ0n) is 20.1. The molecule has 0 aliphatic carbocycles. The molecule has 0 bridgehead atoms. The maximum absolute atomic E-state index is 5.89. The second-order valence-electron chi connectivity index (χ2n) is 8.67. The third kappa shape index (κ3) is 5.30. The van der Waals surface area contributed by atoms with Crippen molar-refractivity contribution in [3.63, 3.8) is 0 Å². The van der Waals surface area contributed by atoms with Crippen LogP contribution in [-0.4, -0.2) is 23.9 Å². The van der Waals surface area contributed by atoms with Gasteiger partial charge in [0.25, 0.3) is 0 Å². The van der Waals surface area contributed by atoms with Gasteiger partial charge in [0.2, 0.25) is 0 Å². The minimum atomic E-state index is 0.714. The van der Waals surface area contributed by atoms with Gasteiger partial charge in [-0.05, 0) is 80.9 Å². The molecule has 0 unspecified atom stereocenters. The van der Waals surface area contributed by atoms with E-state index < -0.39 is 0 Å². The third-order valence-electron chi connectivity index (χ3n) is 6.31. The van der Waals surface area contributed by atoms with Crippen LogP contribution < -0.4 is 9.47 Å². The summed E-state index contributed by atoms with van der Waals surface area (Å²) in [7, 11) is 0. The molecule has 36 heavy (non-hydrogen) atoms. The summed E-state index contributed by atoms with van der Waals surface area (Å²) >= 11 is 6.92. The molecule has 0 aliphatic rings. The quantitative estimate of drug-likeness (QED) is 0.0898. The number of hydrogen-bond acceptors (Lipinski definition) is 2. The monoisotopic (exact) mass is 602 g/mol. The van der Waals surface area contributed by atoms with Gasteiger partial charge in [-0.25, -0.2) is 0 Å². The van der Waals surface area contributed by atoms with Crippen LogP contribution in [0.25, 0.3) is 43.8 Å². The van der Waals surface area contributed by atoms with Gasteiger partial charge in [-0.2, -0.15) is 0 Å². The lowest BCUT2D eigenvalue weighted by Crippen LogP contribution is -1.97. The van der Waals surface area contributed by atoms with Crippen LogP contribution in [0.1, 0.15) is 12.8 Å². The van der Waals surface area contributed by atoms with Gasteiger partial charge in [-0.1, -0.05) is 105 Å². The van der Waals surface area contributed by atoms with Gasteiger partial charge in [0.1, 0.15) is 11.5 Å². The van der Waals surface area contributed by atoms with Crippen molar-refractivity contribution < 1.29 is 9.47 Å². The third-order valence-corrected chi connectivity index (χ3v) is 7.43. The van der Waals surface area contributed by atoms with Gasteiger partial charge in [0.05, 0.1) is 13.2 Å². The lowest BCUT2D eigenvalue weighted by molar-refractivity contribution is 0.319. The predicted octanol–water partition coefficient (Wildman–Crippen LogP) is 9.65. The molecule has 0 radical (unpaired) electrons. The SMILES string of the molecule is BrCCCOc1ccc(-c2c3ccccc3c(-c3ccc(OCCCBr)cc3)c3ccccc23)cc1. The van der Waals surface area contributed by atoms with E-state index in [9.17, 15) is 0 Å². The molecule has 0 amide bonds. The fourth-order valence-corrected chi connectivity index (χ4v) is 5.13. The minimum Gasteiger partial charge on any atom is -0.494 e. The Bertz CT molecular complexity index is 1280. The number of halogens is 2.